The van der Waals surface area contributed by atoms with Crippen LogP contribution in [0.25, 0.3) is 10.2 Å². The number of fused-ring (bicyclic) bond motifs is 1. The lowest BCUT2D eigenvalue weighted by molar-refractivity contribution is 0.0984. The van der Waals surface area contributed by atoms with Crippen molar-refractivity contribution in [1.82, 2.24) is 9.88 Å². The van der Waals surface area contributed by atoms with Crippen molar-refractivity contribution in [3.63, 3.8) is 0 Å². The number of carbonyl (C=O) groups excluding carboxylic acids is 1. The number of aromatic nitrogens is 1. The first-order chi connectivity index (χ1) is 12.0. The van der Waals surface area contributed by atoms with Gasteiger partial charge >= 0.3 is 0 Å². The zero-order valence-electron chi connectivity index (χ0n) is 14.3. The molecule has 0 spiro atoms. The van der Waals surface area contributed by atoms with Gasteiger partial charge in [-0.1, -0.05) is 29.5 Å². The number of hydrogen-bond donors (Lipinski definition) is 0. The highest BCUT2D eigenvalue weighted by molar-refractivity contribution is 14.1. The van der Waals surface area contributed by atoms with E-state index in [1.54, 1.807) is 17.0 Å². The molecule has 0 aliphatic carbocycles. The summed E-state index contributed by atoms with van der Waals surface area (Å²) >= 11 is 3.49. The molecule has 2 aromatic carbocycles. The molecule has 26 heavy (non-hydrogen) atoms. The maximum atomic E-state index is 14.0. The van der Waals surface area contributed by atoms with E-state index in [0.717, 1.165) is 8.27 Å². The maximum absolute atomic E-state index is 14.0. The summed E-state index contributed by atoms with van der Waals surface area (Å²) in [5.74, 6) is -0.486. The van der Waals surface area contributed by atoms with Crippen molar-refractivity contribution >= 4 is 67.6 Å². The number of para-hydroxylation sites is 1. The molecule has 1 aromatic heterocycles. The quantitative estimate of drug-likeness (QED) is 0.473. The Kier molecular flexibility index (Phi) is 7.33. The summed E-state index contributed by atoms with van der Waals surface area (Å²) in [6, 6.07) is 12.3. The van der Waals surface area contributed by atoms with Crippen LogP contribution in [0.3, 0.4) is 0 Å². The summed E-state index contributed by atoms with van der Waals surface area (Å²) in [4.78, 5) is 21.2. The van der Waals surface area contributed by atoms with Crippen LogP contribution in [-0.4, -0.2) is 43.0 Å². The standard InChI is InChI=1S/C18H17FIN3OS.ClH/c1-22(2)10-11-23(17(24)12-6-3-4-8-14(12)20)18-21-16-13(19)7-5-9-15(16)25-18;/h3-9H,10-11H2,1-2H3;1H. The Morgan fingerprint density at radius 2 is 1.88 bits per heavy atom. The molecule has 4 nitrogen and oxygen atoms in total. The number of benzene rings is 2. The molecule has 0 fully saturated rings. The third kappa shape index (κ3) is 4.51. The lowest BCUT2D eigenvalue weighted by Crippen LogP contribution is -2.37. The van der Waals surface area contributed by atoms with Crippen LogP contribution in [0.5, 0.6) is 0 Å². The number of rotatable bonds is 5. The zero-order valence-corrected chi connectivity index (χ0v) is 18.1. The highest BCUT2D eigenvalue weighted by atomic mass is 127. The van der Waals surface area contributed by atoms with E-state index in [0.29, 0.717) is 29.3 Å². The van der Waals surface area contributed by atoms with Crippen LogP contribution in [0.1, 0.15) is 10.4 Å². The lowest BCUT2D eigenvalue weighted by Gasteiger charge is -2.22. The fourth-order valence-electron chi connectivity index (χ4n) is 2.38. The van der Waals surface area contributed by atoms with E-state index >= 15 is 0 Å². The topological polar surface area (TPSA) is 36.4 Å². The molecule has 0 aliphatic heterocycles. The number of halogens is 3. The third-order valence-electron chi connectivity index (χ3n) is 3.71. The van der Waals surface area contributed by atoms with Crippen LogP contribution in [-0.2, 0) is 0 Å². The Morgan fingerprint density at radius 1 is 1.15 bits per heavy atom. The second kappa shape index (κ2) is 9.07. The predicted octanol–water partition coefficient (Wildman–Crippen LogP) is 4.67. The Balaban J connectivity index is 0.00000243. The lowest BCUT2D eigenvalue weighted by atomic mass is 10.2. The molecule has 0 aliphatic rings. The Morgan fingerprint density at radius 3 is 2.54 bits per heavy atom. The van der Waals surface area contributed by atoms with Crippen LogP contribution >= 0.6 is 46.3 Å². The molecular formula is C18H18ClFIN3OS. The first kappa shape index (κ1) is 21.0. The van der Waals surface area contributed by atoms with E-state index in [2.05, 4.69) is 27.6 Å². The van der Waals surface area contributed by atoms with Gasteiger partial charge in [0.1, 0.15) is 11.3 Å². The fourth-order valence-corrected chi connectivity index (χ4v) is 4.01. The molecule has 1 amide bonds. The van der Waals surface area contributed by atoms with Crippen LogP contribution < -0.4 is 4.90 Å². The summed E-state index contributed by atoms with van der Waals surface area (Å²) < 4.78 is 15.6. The van der Waals surface area contributed by atoms with E-state index in [9.17, 15) is 9.18 Å². The van der Waals surface area contributed by atoms with E-state index in [4.69, 9.17) is 0 Å². The molecule has 0 N–H and O–H groups in total. The summed E-state index contributed by atoms with van der Waals surface area (Å²) in [5, 5.41) is 0.520. The molecule has 3 aromatic rings. The van der Waals surface area contributed by atoms with Crippen molar-refractivity contribution in [3.8, 4) is 0 Å². The molecule has 1 heterocycles. The van der Waals surface area contributed by atoms with Gasteiger partial charge in [0.15, 0.2) is 5.13 Å². The van der Waals surface area contributed by atoms with Gasteiger partial charge in [0.25, 0.3) is 5.91 Å². The van der Waals surface area contributed by atoms with E-state index in [1.807, 2.05) is 43.3 Å². The van der Waals surface area contributed by atoms with Crippen LogP contribution in [0.15, 0.2) is 42.5 Å². The minimum absolute atomic E-state index is 0. The summed E-state index contributed by atoms with van der Waals surface area (Å²) in [6.07, 6.45) is 0. The Hall–Kier alpha value is -1.29. The fraction of sp³-hybridized carbons (Fsp3) is 0.222. The molecule has 0 unspecified atom stereocenters. The van der Waals surface area contributed by atoms with E-state index < -0.39 is 0 Å². The van der Waals surface area contributed by atoms with Gasteiger partial charge in [-0.15, -0.1) is 12.4 Å². The number of thiazole rings is 1. The van der Waals surface area contributed by atoms with Crippen LogP contribution in [0.4, 0.5) is 9.52 Å². The molecule has 8 heteroatoms. The van der Waals surface area contributed by atoms with Gasteiger partial charge in [-0.05, 0) is 61.0 Å². The van der Waals surface area contributed by atoms with Gasteiger partial charge in [-0.2, -0.15) is 0 Å². The zero-order chi connectivity index (χ0) is 18.0. The smallest absolute Gasteiger partial charge is 0.261 e. The Bertz CT molecular complexity index is 918. The van der Waals surface area contributed by atoms with Gasteiger partial charge in [0, 0.05) is 16.7 Å². The summed E-state index contributed by atoms with van der Waals surface area (Å²) in [7, 11) is 3.90. The number of anilines is 1. The maximum Gasteiger partial charge on any atom is 0.261 e. The summed E-state index contributed by atoms with van der Waals surface area (Å²) in [6.45, 7) is 1.17. The van der Waals surface area contributed by atoms with Gasteiger partial charge in [0.2, 0.25) is 0 Å². The monoisotopic (exact) mass is 505 g/mol. The number of nitrogens with zero attached hydrogens (tertiary/aromatic N) is 3. The van der Waals surface area contributed by atoms with Crippen molar-refractivity contribution in [3.05, 3.63) is 57.4 Å². The van der Waals surface area contributed by atoms with Crippen molar-refractivity contribution < 1.29 is 9.18 Å². The molecule has 0 atom stereocenters. The van der Waals surface area contributed by atoms with Gasteiger partial charge in [0.05, 0.1) is 10.3 Å². The molecule has 138 valence electrons. The van der Waals surface area contributed by atoms with E-state index in [-0.39, 0.29) is 24.1 Å². The van der Waals surface area contributed by atoms with Gasteiger partial charge < -0.3 is 4.90 Å². The van der Waals surface area contributed by atoms with Gasteiger partial charge in [-0.25, -0.2) is 9.37 Å². The highest BCUT2D eigenvalue weighted by Crippen LogP contribution is 2.31. The number of amides is 1. The SMILES string of the molecule is CN(C)CCN(C(=O)c1ccccc1I)c1nc2c(F)cccc2s1.Cl. The Labute approximate surface area is 175 Å². The first-order valence-corrected chi connectivity index (χ1v) is 9.63. The molecule has 3 rings (SSSR count). The number of carbonyl (C=O) groups is 1. The molecule has 0 bridgehead atoms. The number of hydrogen-bond acceptors (Lipinski definition) is 4. The minimum Gasteiger partial charge on any atom is -0.308 e. The molecule has 0 radical (unpaired) electrons. The predicted molar refractivity (Wildman–Crippen MR) is 116 cm³/mol. The molecule has 0 saturated carbocycles. The third-order valence-corrected chi connectivity index (χ3v) is 5.69. The molecular weight excluding hydrogens is 488 g/mol. The van der Waals surface area contributed by atoms with Crippen LogP contribution in [0, 0.1) is 9.39 Å². The van der Waals surface area contributed by atoms with Crippen LogP contribution in [0.2, 0.25) is 0 Å². The minimum atomic E-state index is -0.366. The largest absolute Gasteiger partial charge is 0.308 e. The average molecular weight is 506 g/mol. The van der Waals surface area contributed by atoms with Crippen molar-refractivity contribution in [2.24, 2.45) is 0 Å². The van der Waals surface area contributed by atoms with Gasteiger partial charge in [-0.3, -0.25) is 9.69 Å². The first-order valence-electron chi connectivity index (χ1n) is 7.73. The van der Waals surface area contributed by atoms with Crippen molar-refractivity contribution in [2.75, 3.05) is 32.1 Å². The summed E-state index contributed by atoms with van der Waals surface area (Å²) in [5.41, 5.74) is 0.939. The van der Waals surface area contributed by atoms with E-state index in [1.165, 1.54) is 17.4 Å². The van der Waals surface area contributed by atoms with Crippen molar-refractivity contribution in [1.29, 1.82) is 0 Å². The highest BCUT2D eigenvalue weighted by Gasteiger charge is 2.23. The normalized spacial score (nSPS) is 10.8. The van der Waals surface area contributed by atoms with Crippen molar-refractivity contribution in [2.45, 2.75) is 0 Å². The molecule has 0 saturated heterocycles. The number of likely N-dealkylation sites (N-methyl/N-ethyl adjacent to an activating group) is 1. The average Bonchev–Trinajstić information content (AvgIpc) is 3.00. The second-order valence-corrected chi connectivity index (χ2v) is 7.99. The second-order valence-electron chi connectivity index (χ2n) is 5.82.